The zero-order valence-corrected chi connectivity index (χ0v) is 16.9. The van der Waals surface area contributed by atoms with Gasteiger partial charge in [0.05, 0.1) is 12.7 Å². The number of benzene rings is 1. The Labute approximate surface area is 167 Å². The minimum Gasteiger partial charge on any atom is -0.494 e. The lowest BCUT2D eigenvalue weighted by molar-refractivity contribution is -0.119. The van der Waals surface area contributed by atoms with Crippen molar-refractivity contribution in [3.8, 4) is 18.1 Å². The Hall–Kier alpha value is -2.64. The molecular weight excluding hydrogens is 408 g/mol. The molecule has 0 saturated heterocycles. The van der Waals surface area contributed by atoms with Gasteiger partial charge in [-0.3, -0.25) is 9.59 Å². The van der Waals surface area contributed by atoms with Gasteiger partial charge in [-0.05, 0) is 12.1 Å². The van der Waals surface area contributed by atoms with Crippen molar-refractivity contribution in [2.45, 2.75) is 36.2 Å². The van der Waals surface area contributed by atoms with Crippen LogP contribution in [0, 0.1) is 12.3 Å². The highest BCUT2D eigenvalue weighted by atomic mass is 35.5. The predicted molar refractivity (Wildman–Crippen MR) is 102 cm³/mol. The van der Waals surface area contributed by atoms with Gasteiger partial charge in [0.2, 0.25) is 5.91 Å². The summed E-state index contributed by atoms with van der Waals surface area (Å²) in [6, 6.07) is 2.37. The Balaban J connectivity index is 2.18. The summed E-state index contributed by atoms with van der Waals surface area (Å²) in [4.78, 5) is 23.7. The van der Waals surface area contributed by atoms with Crippen LogP contribution in [0.2, 0.25) is 5.02 Å². The van der Waals surface area contributed by atoms with Gasteiger partial charge < -0.3 is 10.1 Å². The molecule has 9 nitrogen and oxygen atoms in total. The first-order valence-electron chi connectivity index (χ1n) is 8.21. The smallest absolute Gasteiger partial charge is 0.267 e. The largest absolute Gasteiger partial charge is 0.494 e. The van der Waals surface area contributed by atoms with E-state index in [0.717, 1.165) is 6.07 Å². The lowest BCUT2D eigenvalue weighted by atomic mass is 10.0. The topological polar surface area (TPSA) is 126 Å². The van der Waals surface area contributed by atoms with E-state index in [9.17, 15) is 18.0 Å². The number of sulfonamides is 1. The van der Waals surface area contributed by atoms with Crippen LogP contribution in [0.1, 0.15) is 36.0 Å². The first-order chi connectivity index (χ1) is 13.2. The van der Waals surface area contributed by atoms with Gasteiger partial charge in [-0.25, -0.2) is 13.1 Å². The number of rotatable bonds is 9. The molecule has 0 unspecified atom stereocenters. The zero-order chi connectivity index (χ0) is 20.9. The summed E-state index contributed by atoms with van der Waals surface area (Å²) in [7, 11) is -1.75. The lowest BCUT2D eigenvalue weighted by Crippen LogP contribution is -2.32. The molecular formula is C17H19ClN4O5S. The van der Waals surface area contributed by atoms with Gasteiger partial charge in [0.1, 0.15) is 4.90 Å². The molecule has 1 aromatic rings. The molecule has 1 aliphatic rings. The van der Waals surface area contributed by atoms with Crippen molar-refractivity contribution in [3.63, 3.8) is 0 Å². The highest BCUT2D eigenvalue weighted by molar-refractivity contribution is 7.90. The fourth-order valence-corrected chi connectivity index (χ4v) is 4.03. The molecule has 0 atom stereocenters. The number of ether oxygens (including phenoxy) is 1. The molecule has 1 aliphatic heterocycles. The molecule has 2 amide bonds. The highest BCUT2D eigenvalue weighted by Gasteiger charge is 2.39. The highest BCUT2D eigenvalue weighted by Crippen LogP contribution is 2.37. The number of terminal acetylenes is 1. The van der Waals surface area contributed by atoms with Gasteiger partial charge in [-0.15, -0.1) is 12.3 Å². The van der Waals surface area contributed by atoms with E-state index in [1.54, 1.807) is 0 Å². The quantitative estimate of drug-likeness (QED) is 0.583. The normalized spacial score (nSPS) is 14.1. The predicted octanol–water partition coefficient (Wildman–Crippen LogP) is 1.87. The zero-order valence-electron chi connectivity index (χ0n) is 15.3. The van der Waals surface area contributed by atoms with E-state index < -0.39 is 32.4 Å². The molecule has 150 valence electrons. The second kappa shape index (κ2) is 8.58. The van der Waals surface area contributed by atoms with Crippen molar-refractivity contribution >= 4 is 33.4 Å². The van der Waals surface area contributed by atoms with Crippen molar-refractivity contribution in [2.24, 2.45) is 10.2 Å². The second-order valence-corrected chi connectivity index (χ2v) is 8.07. The Morgan fingerprint density at radius 1 is 1.32 bits per heavy atom. The van der Waals surface area contributed by atoms with Crippen LogP contribution < -0.4 is 14.8 Å². The summed E-state index contributed by atoms with van der Waals surface area (Å²) < 4.78 is 32.4. The molecule has 2 rings (SSSR count). The van der Waals surface area contributed by atoms with E-state index in [4.69, 9.17) is 22.8 Å². The first-order valence-corrected chi connectivity index (χ1v) is 10.1. The minimum atomic E-state index is -4.34. The van der Waals surface area contributed by atoms with E-state index in [-0.39, 0.29) is 29.2 Å². The summed E-state index contributed by atoms with van der Waals surface area (Å²) in [5, 5.41) is 10.2. The van der Waals surface area contributed by atoms with Crippen LogP contribution in [-0.4, -0.2) is 40.1 Å². The van der Waals surface area contributed by atoms with Crippen LogP contribution in [0.25, 0.3) is 0 Å². The molecule has 1 heterocycles. The fourth-order valence-electron chi connectivity index (χ4n) is 2.52. The third kappa shape index (κ3) is 4.99. The number of carbonyl (C=O) groups excluding carboxylic acids is 2. The number of carbonyl (C=O) groups is 2. The van der Waals surface area contributed by atoms with Crippen LogP contribution in [0.3, 0.4) is 0 Å². The van der Waals surface area contributed by atoms with Crippen LogP contribution in [-0.2, 0) is 14.8 Å². The number of hydrogen-bond acceptors (Lipinski definition) is 7. The number of amides is 2. The number of halogens is 1. The summed E-state index contributed by atoms with van der Waals surface area (Å²) in [5.41, 5.74) is -0.776. The van der Waals surface area contributed by atoms with E-state index in [1.807, 2.05) is 4.72 Å². The van der Waals surface area contributed by atoms with E-state index >= 15 is 0 Å². The SMILES string of the molecule is C#CCCC1(CCC(=O)NS(=O)(=O)c2cc(Cl)cc(C(=O)NC)c2OC)N=N1. The second-order valence-electron chi connectivity index (χ2n) is 5.98. The number of methoxy groups -OCH3 is 1. The molecule has 0 saturated carbocycles. The van der Waals surface area contributed by atoms with E-state index in [0.29, 0.717) is 12.8 Å². The van der Waals surface area contributed by atoms with Gasteiger partial charge in [0.25, 0.3) is 15.9 Å². The van der Waals surface area contributed by atoms with Gasteiger partial charge in [-0.2, -0.15) is 10.2 Å². The third-order valence-electron chi connectivity index (χ3n) is 4.04. The molecule has 0 fully saturated rings. The Morgan fingerprint density at radius 3 is 2.54 bits per heavy atom. The summed E-state index contributed by atoms with van der Waals surface area (Å²) >= 11 is 5.95. The van der Waals surface area contributed by atoms with Gasteiger partial charge in [-0.1, -0.05) is 11.6 Å². The monoisotopic (exact) mass is 426 g/mol. The maximum absolute atomic E-state index is 12.7. The van der Waals surface area contributed by atoms with Crippen molar-refractivity contribution < 1.29 is 22.7 Å². The summed E-state index contributed by atoms with van der Waals surface area (Å²) in [6.07, 6.45) is 6.28. The number of hydrogen-bond donors (Lipinski definition) is 2. The van der Waals surface area contributed by atoms with Gasteiger partial charge in [0, 0.05) is 37.8 Å². The Bertz CT molecular complexity index is 962. The van der Waals surface area contributed by atoms with Crippen LogP contribution in [0.5, 0.6) is 5.75 Å². The van der Waals surface area contributed by atoms with Gasteiger partial charge >= 0.3 is 0 Å². The molecule has 0 radical (unpaired) electrons. The van der Waals surface area contributed by atoms with Gasteiger partial charge in [0.15, 0.2) is 11.4 Å². The average molecular weight is 427 g/mol. The Kier molecular flexibility index (Phi) is 6.64. The molecule has 0 spiro atoms. The molecule has 11 heteroatoms. The lowest BCUT2D eigenvalue weighted by Gasteiger charge is -2.15. The average Bonchev–Trinajstić information content (AvgIpc) is 3.43. The van der Waals surface area contributed by atoms with Crippen LogP contribution in [0.4, 0.5) is 0 Å². The van der Waals surface area contributed by atoms with Crippen molar-refractivity contribution in [2.75, 3.05) is 14.2 Å². The maximum Gasteiger partial charge on any atom is 0.267 e. The summed E-state index contributed by atoms with van der Waals surface area (Å²) in [6.45, 7) is 0. The van der Waals surface area contributed by atoms with E-state index in [1.165, 1.54) is 20.2 Å². The molecule has 0 aromatic heterocycles. The van der Waals surface area contributed by atoms with Crippen molar-refractivity contribution in [1.82, 2.24) is 10.0 Å². The van der Waals surface area contributed by atoms with Crippen LogP contribution in [0.15, 0.2) is 27.3 Å². The van der Waals surface area contributed by atoms with Crippen molar-refractivity contribution in [3.05, 3.63) is 22.7 Å². The number of nitrogens with one attached hydrogen (secondary N) is 2. The first kappa shape index (κ1) is 21.7. The van der Waals surface area contributed by atoms with Crippen molar-refractivity contribution in [1.29, 1.82) is 0 Å². The fraction of sp³-hybridized carbons (Fsp3) is 0.412. The molecule has 0 bridgehead atoms. The Morgan fingerprint density at radius 2 is 2.00 bits per heavy atom. The molecule has 1 aromatic carbocycles. The van der Waals surface area contributed by atoms with E-state index in [2.05, 4.69) is 21.5 Å². The molecule has 28 heavy (non-hydrogen) atoms. The number of nitrogens with zero attached hydrogens (tertiary/aromatic N) is 2. The van der Waals surface area contributed by atoms with Crippen LogP contribution >= 0.6 is 11.6 Å². The molecule has 2 N–H and O–H groups in total. The third-order valence-corrected chi connectivity index (χ3v) is 5.64. The molecule has 0 aliphatic carbocycles. The maximum atomic E-state index is 12.7. The summed E-state index contributed by atoms with van der Waals surface area (Å²) in [5.74, 6) is 0.915. The minimum absolute atomic E-state index is 0.00366. The standard InChI is InChI=1S/C17H19ClN4O5S/c1-4-5-7-17(21-22-17)8-6-14(23)20-28(25,26)13-10-11(18)9-12(15(13)27-3)16(24)19-2/h1,9-10H,5-8H2,2-3H3,(H,19,24)(H,20,23).